The van der Waals surface area contributed by atoms with E-state index in [1.54, 1.807) is 49.4 Å². The van der Waals surface area contributed by atoms with Crippen molar-refractivity contribution in [2.24, 2.45) is 0 Å². The number of amides is 2. The number of nitrogens with one attached hydrogen (secondary N) is 1. The summed E-state index contributed by atoms with van der Waals surface area (Å²) in [4.78, 5) is 26.0. The third kappa shape index (κ3) is 3.75. The monoisotopic (exact) mass is 352 g/mol. The van der Waals surface area contributed by atoms with E-state index >= 15 is 0 Å². The zero-order valence-corrected chi connectivity index (χ0v) is 14.7. The molecule has 1 aliphatic heterocycles. The van der Waals surface area contributed by atoms with Crippen LogP contribution in [0.5, 0.6) is 5.75 Å². The zero-order valence-electron chi connectivity index (χ0n) is 14.7. The van der Waals surface area contributed by atoms with E-state index in [0.29, 0.717) is 24.5 Å². The molecule has 1 aliphatic rings. The molecule has 26 heavy (non-hydrogen) atoms. The topological polar surface area (TPSA) is 67.9 Å². The van der Waals surface area contributed by atoms with Crippen LogP contribution >= 0.6 is 0 Å². The van der Waals surface area contributed by atoms with Crippen LogP contribution in [0.3, 0.4) is 0 Å². The summed E-state index contributed by atoms with van der Waals surface area (Å²) in [6.45, 7) is 0.916. The predicted octanol–water partition coefficient (Wildman–Crippen LogP) is 2.46. The maximum Gasteiger partial charge on any atom is 0.293 e. The van der Waals surface area contributed by atoms with E-state index in [0.717, 1.165) is 11.3 Å². The quantitative estimate of drug-likeness (QED) is 0.663. The highest BCUT2D eigenvalue weighted by Crippen LogP contribution is 2.34. The molecule has 6 heteroatoms. The molecule has 0 radical (unpaired) electrons. The number of ether oxygens (including phenoxy) is 2. The first-order valence-corrected chi connectivity index (χ1v) is 8.24. The lowest BCUT2D eigenvalue weighted by Crippen LogP contribution is -2.33. The highest BCUT2D eigenvalue weighted by atomic mass is 16.5. The minimum absolute atomic E-state index is 0.167. The Morgan fingerprint density at radius 1 is 1.19 bits per heavy atom. The number of carbonyl (C=O) groups excluding carboxylic acids is 2. The van der Waals surface area contributed by atoms with Gasteiger partial charge in [-0.05, 0) is 35.9 Å². The Morgan fingerprint density at radius 3 is 2.65 bits per heavy atom. The minimum Gasteiger partial charge on any atom is -0.449 e. The number of rotatable bonds is 5. The number of methoxy groups -OCH3 is 1. The Labute approximate surface area is 152 Å². The molecule has 0 aromatic heterocycles. The second kappa shape index (κ2) is 7.84. The maximum atomic E-state index is 12.5. The van der Waals surface area contributed by atoms with E-state index in [1.807, 2.05) is 24.3 Å². The Hall–Kier alpha value is -3.12. The van der Waals surface area contributed by atoms with Crippen LogP contribution in [0, 0.1) is 0 Å². The summed E-state index contributed by atoms with van der Waals surface area (Å²) in [6, 6.07) is 14.3. The van der Waals surface area contributed by atoms with E-state index in [-0.39, 0.29) is 17.6 Å². The fraction of sp³-hybridized carbons (Fsp3) is 0.200. The number of hydrogen-bond acceptors (Lipinski definition) is 4. The lowest BCUT2D eigenvalue weighted by atomic mass is 10.1. The summed E-state index contributed by atoms with van der Waals surface area (Å²) < 4.78 is 10.6. The van der Waals surface area contributed by atoms with E-state index in [1.165, 1.54) is 0 Å². The molecule has 2 amide bonds. The van der Waals surface area contributed by atoms with Gasteiger partial charge in [0.15, 0.2) is 11.5 Å². The average molecular weight is 352 g/mol. The zero-order chi connectivity index (χ0) is 18.5. The average Bonchev–Trinajstić information content (AvgIpc) is 2.66. The van der Waals surface area contributed by atoms with Crippen LogP contribution in [0.1, 0.15) is 15.9 Å². The van der Waals surface area contributed by atoms with E-state index < -0.39 is 0 Å². The molecule has 0 aliphatic carbocycles. The molecule has 0 unspecified atom stereocenters. The van der Waals surface area contributed by atoms with Gasteiger partial charge in [0.1, 0.15) is 0 Å². The van der Waals surface area contributed by atoms with Gasteiger partial charge in [0, 0.05) is 26.3 Å². The molecular formula is C20H20N2O4. The van der Waals surface area contributed by atoms with Crippen LogP contribution in [0.2, 0.25) is 0 Å². The van der Waals surface area contributed by atoms with Gasteiger partial charge in [-0.1, -0.05) is 24.3 Å². The molecule has 0 spiro atoms. The van der Waals surface area contributed by atoms with E-state index in [9.17, 15) is 9.59 Å². The molecule has 2 aromatic rings. The van der Waals surface area contributed by atoms with Crippen molar-refractivity contribution in [3.8, 4) is 5.75 Å². The first-order chi connectivity index (χ1) is 12.6. The van der Waals surface area contributed by atoms with E-state index in [2.05, 4.69) is 5.32 Å². The fourth-order valence-corrected chi connectivity index (χ4v) is 2.60. The Kier molecular flexibility index (Phi) is 5.34. The summed E-state index contributed by atoms with van der Waals surface area (Å²) in [7, 11) is 3.30. The molecular weight excluding hydrogens is 332 g/mol. The SMILES string of the molecule is COCCNC(=O)c1ccc(C=C2Oc3ccccc3N(C)C2=O)cc1. The van der Waals surface area contributed by atoms with Gasteiger partial charge in [-0.3, -0.25) is 9.59 Å². The van der Waals surface area contributed by atoms with Gasteiger partial charge in [-0.15, -0.1) is 0 Å². The van der Waals surface area contributed by atoms with Crippen molar-refractivity contribution in [3.63, 3.8) is 0 Å². The molecule has 0 bridgehead atoms. The number of anilines is 1. The molecule has 134 valence electrons. The smallest absolute Gasteiger partial charge is 0.293 e. The van der Waals surface area contributed by atoms with Crippen molar-refractivity contribution >= 4 is 23.6 Å². The number of carbonyl (C=O) groups is 2. The Bertz CT molecular complexity index is 843. The standard InChI is InChI=1S/C20H20N2O4/c1-22-16-5-3-4-6-17(16)26-18(20(22)24)13-14-7-9-15(10-8-14)19(23)21-11-12-25-2/h3-10,13H,11-12H2,1-2H3,(H,21,23). The molecule has 1 heterocycles. The number of benzene rings is 2. The lowest BCUT2D eigenvalue weighted by molar-refractivity contribution is -0.117. The number of fused-ring (bicyclic) bond motifs is 1. The molecule has 0 fully saturated rings. The highest BCUT2D eigenvalue weighted by Gasteiger charge is 2.27. The summed E-state index contributed by atoms with van der Waals surface area (Å²) in [5.41, 5.74) is 2.05. The first-order valence-electron chi connectivity index (χ1n) is 8.24. The Morgan fingerprint density at radius 2 is 1.92 bits per heavy atom. The number of likely N-dealkylation sites (N-methyl/N-ethyl adjacent to an activating group) is 1. The van der Waals surface area contributed by atoms with Crippen molar-refractivity contribution < 1.29 is 19.1 Å². The second-order valence-electron chi connectivity index (χ2n) is 5.81. The lowest BCUT2D eigenvalue weighted by Gasteiger charge is -2.27. The van der Waals surface area contributed by atoms with Crippen LogP contribution in [0.15, 0.2) is 54.3 Å². The summed E-state index contributed by atoms with van der Waals surface area (Å²) in [5, 5.41) is 2.76. The second-order valence-corrected chi connectivity index (χ2v) is 5.81. The summed E-state index contributed by atoms with van der Waals surface area (Å²) in [6.07, 6.45) is 1.67. The largest absolute Gasteiger partial charge is 0.449 e. The summed E-state index contributed by atoms with van der Waals surface area (Å²) in [5.74, 6) is 0.489. The normalized spacial score (nSPS) is 14.8. The Balaban J connectivity index is 1.76. The molecule has 1 N–H and O–H groups in total. The number of para-hydroxylation sites is 2. The van der Waals surface area contributed by atoms with Crippen molar-refractivity contribution in [3.05, 3.63) is 65.4 Å². The van der Waals surface area contributed by atoms with Gasteiger partial charge < -0.3 is 19.7 Å². The fourth-order valence-electron chi connectivity index (χ4n) is 2.60. The molecule has 3 rings (SSSR count). The van der Waals surface area contributed by atoms with Gasteiger partial charge >= 0.3 is 0 Å². The van der Waals surface area contributed by atoms with Gasteiger partial charge in [-0.25, -0.2) is 0 Å². The minimum atomic E-state index is -0.218. The van der Waals surface area contributed by atoms with Gasteiger partial charge in [0.2, 0.25) is 0 Å². The first kappa shape index (κ1) is 17.7. The van der Waals surface area contributed by atoms with Gasteiger partial charge in [-0.2, -0.15) is 0 Å². The van der Waals surface area contributed by atoms with Crippen LogP contribution in [-0.2, 0) is 9.53 Å². The third-order valence-electron chi connectivity index (χ3n) is 4.02. The van der Waals surface area contributed by atoms with Crippen molar-refractivity contribution in [2.45, 2.75) is 0 Å². The van der Waals surface area contributed by atoms with E-state index in [4.69, 9.17) is 9.47 Å². The van der Waals surface area contributed by atoms with Crippen molar-refractivity contribution in [1.82, 2.24) is 5.32 Å². The maximum absolute atomic E-state index is 12.5. The van der Waals surface area contributed by atoms with Gasteiger partial charge in [0.05, 0.1) is 12.3 Å². The molecule has 6 nitrogen and oxygen atoms in total. The molecule has 0 saturated carbocycles. The van der Waals surface area contributed by atoms with Crippen molar-refractivity contribution in [2.75, 3.05) is 32.2 Å². The van der Waals surface area contributed by atoms with Gasteiger partial charge in [0.25, 0.3) is 11.8 Å². The highest BCUT2D eigenvalue weighted by molar-refractivity contribution is 6.09. The molecule has 2 aromatic carbocycles. The number of hydrogen-bond donors (Lipinski definition) is 1. The van der Waals surface area contributed by atoms with Crippen molar-refractivity contribution in [1.29, 1.82) is 0 Å². The summed E-state index contributed by atoms with van der Waals surface area (Å²) >= 11 is 0. The van der Waals surface area contributed by atoms with Crippen LogP contribution in [0.4, 0.5) is 5.69 Å². The molecule has 0 atom stereocenters. The van der Waals surface area contributed by atoms with Crippen LogP contribution in [0.25, 0.3) is 6.08 Å². The van der Waals surface area contributed by atoms with Crippen LogP contribution in [-0.4, -0.2) is 39.1 Å². The predicted molar refractivity (Wildman–Crippen MR) is 99.1 cm³/mol. The third-order valence-corrected chi connectivity index (χ3v) is 4.02. The molecule has 0 saturated heterocycles. The number of nitrogens with zero attached hydrogens (tertiary/aromatic N) is 1. The van der Waals surface area contributed by atoms with Crippen LogP contribution < -0.4 is 15.0 Å².